The number of anilines is 1. The fourth-order valence-corrected chi connectivity index (χ4v) is 4.33. The van der Waals surface area contributed by atoms with Gasteiger partial charge in [0.25, 0.3) is 0 Å². The minimum absolute atomic E-state index is 0.0986. The van der Waals surface area contributed by atoms with Crippen molar-refractivity contribution in [2.45, 2.75) is 26.2 Å². The zero-order chi connectivity index (χ0) is 20.5. The van der Waals surface area contributed by atoms with E-state index in [2.05, 4.69) is 6.92 Å². The van der Waals surface area contributed by atoms with Crippen molar-refractivity contribution in [2.75, 3.05) is 11.5 Å². The summed E-state index contributed by atoms with van der Waals surface area (Å²) in [5.74, 6) is 0.236. The zero-order valence-electron chi connectivity index (χ0n) is 16.1. The summed E-state index contributed by atoms with van der Waals surface area (Å²) in [5, 5.41) is 0.568. The third-order valence-electron chi connectivity index (χ3n) is 5.82. The van der Waals surface area contributed by atoms with Crippen LogP contribution in [0.4, 0.5) is 5.69 Å². The van der Waals surface area contributed by atoms with E-state index in [1.165, 1.54) is 4.90 Å². The Morgan fingerprint density at radius 1 is 1.00 bits per heavy atom. The summed E-state index contributed by atoms with van der Waals surface area (Å²) in [5.41, 5.74) is 1.08. The van der Waals surface area contributed by atoms with Crippen LogP contribution in [-0.2, 0) is 9.59 Å². The second-order valence-corrected chi connectivity index (χ2v) is 8.29. The highest BCUT2D eigenvalue weighted by Crippen LogP contribution is 2.42. The molecule has 1 aliphatic heterocycles. The molecular formula is C23H22ClNO4. The van der Waals surface area contributed by atoms with Crippen LogP contribution in [0, 0.1) is 17.8 Å². The average molecular weight is 412 g/mol. The number of rotatable bonds is 5. The van der Waals surface area contributed by atoms with Gasteiger partial charge >= 0.3 is 0 Å². The summed E-state index contributed by atoms with van der Waals surface area (Å²) in [6, 6.07) is 13.4. The van der Waals surface area contributed by atoms with Gasteiger partial charge < -0.3 is 4.74 Å². The second-order valence-electron chi connectivity index (χ2n) is 7.86. The van der Waals surface area contributed by atoms with Crippen molar-refractivity contribution in [3.8, 4) is 5.75 Å². The average Bonchev–Trinajstić information content (AvgIpc) is 2.97. The van der Waals surface area contributed by atoms with Crippen molar-refractivity contribution in [1.29, 1.82) is 0 Å². The first-order valence-corrected chi connectivity index (χ1v) is 10.2. The predicted octanol–water partition coefficient (Wildman–Crippen LogP) is 4.53. The Hall–Kier alpha value is -2.66. The van der Waals surface area contributed by atoms with Gasteiger partial charge in [0.05, 0.1) is 17.5 Å². The highest BCUT2D eigenvalue weighted by atomic mass is 35.5. The molecule has 0 unspecified atom stereocenters. The van der Waals surface area contributed by atoms with E-state index >= 15 is 0 Å². The molecule has 0 spiro atoms. The maximum absolute atomic E-state index is 12.8. The van der Waals surface area contributed by atoms with Gasteiger partial charge in [-0.15, -0.1) is 0 Å². The third kappa shape index (κ3) is 3.92. The molecule has 4 rings (SSSR count). The first kappa shape index (κ1) is 19.6. The Balaban J connectivity index is 1.41. The van der Waals surface area contributed by atoms with Crippen molar-refractivity contribution < 1.29 is 19.1 Å². The SMILES string of the molecule is C[C@H]1CC[C@H]2C(=O)N(c3ccc(OCC(=O)c4ccc(Cl)cc4)cc3)C(=O)[C@@H]2C1. The molecule has 1 saturated carbocycles. The molecule has 29 heavy (non-hydrogen) atoms. The van der Waals surface area contributed by atoms with E-state index in [1.807, 2.05) is 0 Å². The number of Topliss-reactive ketones (excluding diaryl/α,β-unsaturated/α-hetero) is 1. The monoisotopic (exact) mass is 411 g/mol. The first-order chi connectivity index (χ1) is 13.9. The Morgan fingerprint density at radius 2 is 1.66 bits per heavy atom. The number of hydrogen-bond acceptors (Lipinski definition) is 4. The minimum atomic E-state index is -0.195. The molecule has 0 radical (unpaired) electrons. The van der Waals surface area contributed by atoms with Crippen LogP contribution in [0.2, 0.25) is 5.02 Å². The smallest absolute Gasteiger partial charge is 0.237 e. The van der Waals surface area contributed by atoms with E-state index in [1.54, 1.807) is 48.5 Å². The number of benzene rings is 2. The molecule has 3 atom stereocenters. The van der Waals surface area contributed by atoms with Gasteiger partial charge in [-0.2, -0.15) is 0 Å². The third-order valence-corrected chi connectivity index (χ3v) is 6.07. The van der Waals surface area contributed by atoms with E-state index in [-0.39, 0.29) is 36.0 Å². The van der Waals surface area contributed by atoms with Gasteiger partial charge in [-0.3, -0.25) is 19.3 Å². The Morgan fingerprint density at radius 3 is 2.34 bits per heavy atom. The van der Waals surface area contributed by atoms with Crippen molar-refractivity contribution in [3.05, 3.63) is 59.1 Å². The molecule has 0 bridgehead atoms. The van der Waals surface area contributed by atoms with Gasteiger partial charge in [0.2, 0.25) is 11.8 Å². The quantitative estimate of drug-likeness (QED) is 0.535. The standard InChI is InChI=1S/C23H22ClNO4/c1-14-2-11-19-20(12-14)23(28)25(22(19)27)17-7-9-18(10-8-17)29-13-21(26)15-3-5-16(24)6-4-15/h3-10,14,19-20H,2,11-13H2,1H3/t14-,19+,20+/m0/s1. The van der Waals surface area contributed by atoms with Crippen LogP contribution < -0.4 is 9.64 Å². The van der Waals surface area contributed by atoms with E-state index in [0.717, 1.165) is 19.3 Å². The number of fused-ring (bicyclic) bond motifs is 1. The molecule has 2 aliphatic rings. The molecular weight excluding hydrogens is 390 g/mol. The van der Waals surface area contributed by atoms with Gasteiger partial charge in [-0.1, -0.05) is 18.5 Å². The van der Waals surface area contributed by atoms with Crippen LogP contribution >= 0.6 is 11.6 Å². The fourth-order valence-electron chi connectivity index (χ4n) is 4.20. The highest BCUT2D eigenvalue weighted by Gasteiger charge is 2.49. The zero-order valence-corrected chi connectivity index (χ0v) is 16.9. The summed E-state index contributed by atoms with van der Waals surface area (Å²) in [4.78, 5) is 39.1. The van der Waals surface area contributed by atoms with Gasteiger partial charge in [0, 0.05) is 10.6 Å². The molecule has 6 heteroatoms. The summed E-state index contributed by atoms with van der Waals surface area (Å²) in [6.45, 7) is 2.03. The number of ketones is 1. The van der Waals surface area contributed by atoms with E-state index in [0.29, 0.717) is 27.9 Å². The van der Waals surface area contributed by atoms with Gasteiger partial charge in [0.15, 0.2) is 12.4 Å². The van der Waals surface area contributed by atoms with Crippen LogP contribution in [0.15, 0.2) is 48.5 Å². The summed E-state index contributed by atoms with van der Waals surface area (Å²) < 4.78 is 5.56. The summed E-state index contributed by atoms with van der Waals surface area (Å²) >= 11 is 5.83. The molecule has 150 valence electrons. The van der Waals surface area contributed by atoms with E-state index in [9.17, 15) is 14.4 Å². The minimum Gasteiger partial charge on any atom is -0.485 e. The highest BCUT2D eigenvalue weighted by molar-refractivity contribution is 6.30. The molecule has 2 amide bonds. The Kier molecular flexibility index (Phi) is 5.41. The van der Waals surface area contributed by atoms with Crippen LogP contribution in [0.1, 0.15) is 36.5 Å². The van der Waals surface area contributed by atoms with Crippen LogP contribution in [0.3, 0.4) is 0 Å². The van der Waals surface area contributed by atoms with Gasteiger partial charge in [-0.25, -0.2) is 0 Å². The normalized spacial score (nSPS) is 23.8. The molecule has 2 aromatic rings. The lowest BCUT2D eigenvalue weighted by atomic mass is 9.76. The van der Waals surface area contributed by atoms with Crippen LogP contribution in [0.5, 0.6) is 5.75 Å². The molecule has 1 aliphatic carbocycles. The fraction of sp³-hybridized carbons (Fsp3) is 0.348. The number of nitrogens with zero attached hydrogens (tertiary/aromatic N) is 1. The van der Waals surface area contributed by atoms with Crippen LogP contribution in [0.25, 0.3) is 0 Å². The summed E-state index contributed by atoms with van der Waals surface area (Å²) in [6.07, 6.45) is 2.54. The number of imide groups is 1. The predicted molar refractivity (Wildman–Crippen MR) is 110 cm³/mol. The largest absolute Gasteiger partial charge is 0.485 e. The first-order valence-electron chi connectivity index (χ1n) is 9.83. The summed E-state index contributed by atoms with van der Waals surface area (Å²) in [7, 11) is 0. The molecule has 2 aromatic carbocycles. The van der Waals surface area contributed by atoms with Crippen molar-refractivity contribution >= 4 is 34.9 Å². The lowest BCUT2D eigenvalue weighted by Crippen LogP contribution is -2.30. The number of carbonyl (C=O) groups is 3. The number of ether oxygens (including phenoxy) is 1. The molecule has 0 aromatic heterocycles. The molecule has 1 saturated heterocycles. The molecule has 5 nitrogen and oxygen atoms in total. The van der Waals surface area contributed by atoms with Crippen molar-refractivity contribution in [2.24, 2.45) is 17.8 Å². The number of amides is 2. The van der Waals surface area contributed by atoms with Gasteiger partial charge in [0.1, 0.15) is 5.75 Å². The van der Waals surface area contributed by atoms with Crippen molar-refractivity contribution in [3.63, 3.8) is 0 Å². The lowest BCUT2D eigenvalue weighted by Gasteiger charge is -2.25. The van der Waals surface area contributed by atoms with Gasteiger partial charge in [-0.05, 0) is 73.7 Å². The maximum Gasteiger partial charge on any atom is 0.237 e. The van der Waals surface area contributed by atoms with E-state index < -0.39 is 0 Å². The molecule has 1 heterocycles. The van der Waals surface area contributed by atoms with Crippen LogP contribution in [-0.4, -0.2) is 24.2 Å². The maximum atomic E-state index is 12.8. The topological polar surface area (TPSA) is 63.7 Å². The number of hydrogen-bond donors (Lipinski definition) is 0. The number of halogens is 1. The van der Waals surface area contributed by atoms with E-state index in [4.69, 9.17) is 16.3 Å². The molecule has 2 fully saturated rings. The lowest BCUT2D eigenvalue weighted by molar-refractivity contribution is -0.122. The number of carbonyl (C=O) groups excluding carboxylic acids is 3. The molecule has 0 N–H and O–H groups in total. The second kappa shape index (κ2) is 7.99. The van der Waals surface area contributed by atoms with Crippen molar-refractivity contribution in [1.82, 2.24) is 0 Å². The Bertz CT molecular complexity index is 938. The Labute approximate surface area is 174 Å².